The van der Waals surface area contributed by atoms with E-state index in [0.29, 0.717) is 21.6 Å². The SMILES string of the molecule is COC(=O)c1c(CC(=O)O)[nH]c2ccc(Cl)cc12. The smallest absolute Gasteiger partial charge is 0.340 e. The fourth-order valence-electron chi connectivity index (χ4n) is 1.84. The van der Waals surface area contributed by atoms with Crippen molar-refractivity contribution in [2.45, 2.75) is 6.42 Å². The standard InChI is InChI=1S/C12H10ClNO4/c1-18-12(17)11-7-4-6(13)2-3-8(7)14-9(11)5-10(15)16/h2-4,14H,5H2,1H3,(H,15,16). The summed E-state index contributed by atoms with van der Waals surface area (Å²) in [4.78, 5) is 25.4. The van der Waals surface area contributed by atoms with Gasteiger partial charge in [-0.3, -0.25) is 4.79 Å². The predicted octanol–water partition coefficient (Wildman–Crippen LogP) is 2.24. The Morgan fingerprint density at radius 2 is 2.17 bits per heavy atom. The second-order valence-corrected chi connectivity index (χ2v) is 4.17. The molecular weight excluding hydrogens is 258 g/mol. The number of benzene rings is 1. The lowest BCUT2D eigenvalue weighted by molar-refractivity contribution is -0.136. The summed E-state index contributed by atoms with van der Waals surface area (Å²) < 4.78 is 4.67. The van der Waals surface area contributed by atoms with Crippen LogP contribution in [-0.4, -0.2) is 29.1 Å². The number of ether oxygens (including phenoxy) is 1. The first kappa shape index (κ1) is 12.4. The minimum absolute atomic E-state index is 0.220. The molecule has 0 radical (unpaired) electrons. The van der Waals surface area contributed by atoms with Crippen molar-refractivity contribution in [2.75, 3.05) is 7.11 Å². The van der Waals surface area contributed by atoms with Crippen molar-refractivity contribution >= 4 is 34.4 Å². The number of hydrogen-bond donors (Lipinski definition) is 2. The molecule has 94 valence electrons. The molecule has 0 aliphatic carbocycles. The summed E-state index contributed by atoms with van der Waals surface area (Å²) in [5.74, 6) is -1.61. The van der Waals surface area contributed by atoms with E-state index >= 15 is 0 Å². The number of aliphatic carboxylic acids is 1. The number of aromatic nitrogens is 1. The van der Waals surface area contributed by atoms with Crippen molar-refractivity contribution in [3.05, 3.63) is 34.5 Å². The van der Waals surface area contributed by atoms with Gasteiger partial charge in [0.05, 0.1) is 19.1 Å². The zero-order chi connectivity index (χ0) is 13.3. The zero-order valence-electron chi connectivity index (χ0n) is 9.49. The number of hydrogen-bond acceptors (Lipinski definition) is 3. The number of carboxylic acid groups (broad SMARTS) is 1. The minimum atomic E-state index is -1.03. The van der Waals surface area contributed by atoms with Crippen molar-refractivity contribution in [1.82, 2.24) is 4.98 Å². The Balaban J connectivity index is 2.69. The zero-order valence-corrected chi connectivity index (χ0v) is 10.2. The van der Waals surface area contributed by atoms with Gasteiger partial charge in [-0.25, -0.2) is 4.79 Å². The number of esters is 1. The third-order valence-electron chi connectivity index (χ3n) is 2.56. The lowest BCUT2D eigenvalue weighted by Gasteiger charge is -2.00. The van der Waals surface area contributed by atoms with Gasteiger partial charge < -0.3 is 14.8 Å². The van der Waals surface area contributed by atoms with Crippen LogP contribution in [0.2, 0.25) is 5.02 Å². The summed E-state index contributed by atoms with van der Waals surface area (Å²) in [6.45, 7) is 0. The fourth-order valence-corrected chi connectivity index (χ4v) is 2.01. The number of carboxylic acids is 1. The van der Waals surface area contributed by atoms with Gasteiger partial charge in [-0.15, -0.1) is 0 Å². The van der Waals surface area contributed by atoms with Crippen LogP contribution in [0.1, 0.15) is 16.1 Å². The Hall–Kier alpha value is -2.01. The summed E-state index contributed by atoms with van der Waals surface area (Å²) in [6.07, 6.45) is -0.281. The Morgan fingerprint density at radius 1 is 1.44 bits per heavy atom. The molecule has 1 aromatic heterocycles. The van der Waals surface area contributed by atoms with Gasteiger partial charge in [0.25, 0.3) is 0 Å². The van der Waals surface area contributed by atoms with Crippen LogP contribution in [0.4, 0.5) is 0 Å². The van der Waals surface area contributed by atoms with Crippen LogP contribution in [0.25, 0.3) is 10.9 Å². The molecule has 2 aromatic rings. The molecule has 1 heterocycles. The maximum absolute atomic E-state index is 11.7. The molecule has 5 nitrogen and oxygen atoms in total. The maximum atomic E-state index is 11.7. The molecule has 6 heteroatoms. The molecule has 1 aromatic carbocycles. The van der Waals surface area contributed by atoms with Crippen LogP contribution in [-0.2, 0) is 16.0 Å². The molecule has 2 N–H and O–H groups in total. The average molecular weight is 268 g/mol. The van der Waals surface area contributed by atoms with Crippen molar-refractivity contribution in [1.29, 1.82) is 0 Å². The Kier molecular flexibility index (Phi) is 3.25. The highest BCUT2D eigenvalue weighted by Gasteiger charge is 2.20. The Bertz CT molecular complexity index is 632. The van der Waals surface area contributed by atoms with Gasteiger partial charge in [0.2, 0.25) is 0 Å². The van der Waals surface area contributed by atoms with Gasteiger partial charge in [-0.1, -0.05) is 11.6 Å². The first-order chi connectivity index (χ1) is 8.52. The highest BCUT2D eigenvalue weighted by Crippen LogP contribution is 2.26. The number of H-pyrrole nitrogens is 1. The summed E-state index contributed by atoms with van der Waals surface area (Å²) in [5.41, 5.74) is 1.18. The molecule has 0 atom stereocenters. The molecule has 0 saturated heterocycles. The summed E-state index contributed by atoms with van der Waals surface area (Å²) in [6, 6.07) is 4.95. The number of fused-ring (bicyclic) bond motifs is 1. The molecular formula is C12H10ClNO4. The van der Waals surface area contributed by atoms with Gasteiger partial charge in [0.1, 0.15) is 0 Å². The van der Waals surface area contributed by atoms with Gasteiger partial charge in [-0.05, 0) is 18.2 Å². The number of methoxy groups -OCH3 is 1. The molecule has 0 unspecified atom stereocenters. The topological polar surface area (TPSA) is 79.4 Å². The number of carbonyl (C=O) groups is 2. The van der Waals surface area contributed by atoms with E-state index in [9.17, 15) is 9.59 Å². The summed E-state index contributed by atoms with van der Waals surface area (Å²) in [7, 11) is 1.25. The largest absolute Gasteiger partial charge is 0.481 e. The fraction of sp³-hybridized carbons (Fsp3) is 0.167. The number of rotatable bonds is 3. The van der Waals surface area contributed by atoms with Gasteiger partial charge in [0.15, 0.2) is 0 Å². The van der Waals surface area contributed by atoms with E-state index < -0.39 is 11.9 Å². The van der Waals surface area contributed by atoms with Crippen LogP contribution in [0.15, 0.2) is 18.2 Å². The van der Waals surface area contributed by atoms with Crippen LogP contribution in [0.3, 0.4) is 0 Å². The van der Waals surface area contributed by atoms with Crippen molar-refractivity contribution in [2.24, 2.45) is 0 Å². The summed E-state index contributed by atoms with van der Waals surface area (Å²) >= 11 is 5.87. The highest BCUT2D eigenvalue weighted by atomic mass is 35.5. The van der Waals surface area contributed by atoms with E-state index in [1.54, 1.807) is 18.2 Å². The van der Waals surface area contributed by atoms with E-state index in [1.807, 2.05) is 0 Å². The lowest BCUT2D eigenvalue weighted by atomic mass is 10.1. The van der Waals surface area contributed by atoms with Crippen LogP contribution < -0.4 is 0 Å². The van der Waals surface area contributed by atoms with E-state index in [2.05, 4.69) is 9.72 Å². The summed E-state index contributed by atoms with van der Waals surface area (Å²) in [5, 5.41) is 9.85. The molecule has 18 heavy (non-hydrogen) atoms. The van der Waals surface area contributed by atoms with Crippen molar-refractivity contribution in [3.63, 3.8) is 0 Å². The van der Waals surface area contributed by atoms with E-state index in [0.717, 1.165) is 0 Å². The van der Waals surface area contributed by atoms with Crippen molar-refractivity contribution < 1.29 is 19.4 Å². The normalized spacial score (nSPS) is 10.6. The molecule has 0 aliphatic heterocycles. The Morgan fingerprint density at radius 3 is 2.78 bits per heavy atom. The van der Waals surface area contributed by atoms with E-state index in [-0.39, 0.29) is 12.0 Å². The first-order valence-corrected chi connectivity index (χ1v) is 5.51. The molecule has 0 spiro atoms. The Labute approximate surface area is 107 Å². The number of aromatic amines is 1. The molecule has 0 saturated carbocycles. The maximum Gasteiger partial charge on any atom is 0.340 e. The van der Waals surface area contributed by atoms with Crippen LogP contribution in [0, 0.1) is 0 Å². The van der Waals surface area contributed by atoms with Crippen LogP contribution >= 0.6 is 11.6 Å². The minimum Gasteiger partial charge on any atom is -0.481 e. The quantitative estimate of drug-likeness (QED) is 0.836. The third kappa shape index (κ3) is 2.17. The van der Waals surface area contributed by atoms with Gasteiger partial charge >= 0.3 is 11.9 Å². The molecule has 0 fully saturated rings. The highest BCUT2D eigenvalue weighted by molar-refractivity contribution is 6.31. The van der Waals surface area contributed by atoms with Gasteiger partial charge in [-0.2, -0.15) is 0 Å². The molecule has 2 rings (SSSR count). The lowest BCUT2D eigenvalue weighted by Crippen LogP contribution is -2.08. The van der Waals surface area contributed by atoms with Crippen LogP contribution in [0.5, 0.6) is 0 Å². The van der Waals surface area contributed by atoms with E-state index in [1.165, 1.54) is 7.11 Å². The first-order valence-electron chi connectivity index (χ1n) is 5.13. The molecule has 0 bridgehead atoms. The monoisotopic (exact) mass is 267 g/mol. The number of halogens is 1. The number of carbonyl (C=O) groups excluding carboxylic acids is 1. The third-order valence-corrected chi connectivity index (χ3v) is 2.79. The second-order valence-electron chi connectivity index (χ2n) is 3.73. The van der Waals surface area contributed by atoms with E-state index in [4.69, 9.17) is 16.7 Å². The molecule has 0 amide bonds. The predicted molar refractivity (Wildman–Crippen MR) is 66.0 cm³/mol. The van der Waals surface area contributed by atoms with Crippen molar-refractivity contribution in [3.8, 4) is 0 Å². The second kappa shape index (κ2) is 4.70. The van der Waals surface area contributed by atoms with Gasteiger partial charge in [0, 0.05) is 21.6 Å². The average Bonchev–Trinajstić information content (AvgIpc) is 2.64. The number of nitrogens with one attached hydrogen (secondary N) is 1. The molecule has 0 aliphatic rings.